The van der Waals surface area contributed by atoms with Crippen LogP contribution in [0.3, 0.4) is 0 Å². The second kappa shape index (κ2) is 75.1. The van der Waals surface area contributed by atoms with E-state index < -0.39 is 97.5 Å². The zero-order valence-electron chi connectivity index (χ0n) is 68.5. The van der Waals surface area contributed by atoms with Gasteiger partial charge in [-0.3, -0.25) is 37.3 Å². The number of rotatable bonds is 83. The molecule has 3 N–H and O–H groups in total. The number of hydrogen-bond acceptors (Lipinski definition) is 15. The van der Waals surface area contributed by atoms with Crippen LogP contribution >= 0.6 is 15.6 Å². The molecule has 618 valence electrons. The van der Waals surface area contributed by atoms with Crippen LogP contribution in [0, 0.1) is 17.8 Å². The molecule has 0 aromatic carbocycles. The zero-order valence-corrected chi connectivity index (χ0v) is 70.3. The Hall–Kier alpha value is -1.94. The summed E-state index contributed by atoms with van der Waals surface area (Å²) in [5.41, 5.74) is 0. The lowest BCUT2D eigenvalue weighted by molar-refractivity contribution is -0.161. The standard InChI is InChI=1S/C85H166O17P2/c1-8-11-12-13-42-52-59-66-82(87)95-72-80(101-85(90)69-62-55-48-41-35-34-38-45-51-58-65-78(7)10-3)74-99-103(91,92)97-70-79(86)71-98-104(93,94)100-75-81(73-96-83(88)67-60-53-46-39-32-28-24-20-16-14-18-22-26-30-36-43-49-56-63-76(4)5)102-84(89)68-61-54-47-40-33-29-25-21-17-15-19-23-27-31-37-44-50-57-64-77(6)9-2/h76-81,86H,8-75H2,1-7H3,(H,91,92)(H,93,94)/t77?,78?,79-,80+,81+/m0/s1. The van der Waals surface area contributed by atoms with E-state index in [1.165, 1.54) is 244 Å². The van der Waals surface area contributed by atoms with Gasteiger partial charge in [-0.2, -0.15) is 0 Å². The molecule has 104 heavy (non-hydrogen) atoms. The molecule has 0 saturated carbocycles. The highest BCUT2D eigenvalue weighted by molar-refractivity contribution is 7.47. The summed E-state index contributed by atoms with van der Waals surface area (Å²) in [6, 6.07) is 0. The van der Waals surface area contributed by atoms with E-state index in [-0.39, 0.29) is 25.7 Å². The molecule has 4 unspecified atom stereocenters. The summed E-state index contributed by atoms with van der Waals surface area (Å²) in [6.07, 6.45) is 65.4. The maximum absolute atomic E-state index is 13.1. The second-order valence-electron chi connectivity index (χ2n) is 31.5. The molecular formula is C85H166O17P2. The molecule has 7 atom stereocenters. The predicted molar refractivity (Wildman–Crippen MR) is 428 cm³/mol. The second-order valence-corrected chi connectivity index (χ2v) is 34.4. The van der Waals surface area contributed by atoms with Crippen molar-refractivity contribution in [2.45, 2.75) is 465 Å². The first-order chi connectivity index (χ1) is 50.3. The number of aliphatic hydroxyl groups excluding tert-OH is 1. The Morgan fingerprint density at radius 3 is 0.731 bits per heavy atom. The summed E-state index contributed by atoms with van der Waals surface area (Å²) in [6.45, 7) is 12.0. The number of aliphatic hydroxyl groups is 1. The van der Waals surface area contributed by atoms with Crippen LogP contribution in [-0.4, -0.2) is 96.7 Å². The Kier molecular flexibility index (Phi) is 73.7. The molecule has 0 radical (unpaired) electrons. The van der Waals surface area contributed by atoms with Crippen molar-refractivity contribution in [3.05, 3.63) is 0 Å². The molecule has 0 bridgehead atoms. The Morgan fingerprint density at radius 2 is 0.490 bits per heavy atom. The van der Waals surface area contributed by atoms with Gasteiger partial charge in [0.2, 0.25) is 0 Å². The lowest BCUT2D eigenvalue weighted by Gasteiger charge is -2.21. The molecule has 0 aliphatic rings. The van der Waals surface area contributed by atoms with Gasteiger partial charge in [-0.1, -0.05) is 395 Å². The summed E-state index contributed by atoms with van der Waals surface area (Å²) in [5, 5.41) is 10.6. The first-order valence-corrected chi connectivity index (χ1v) is 46.9. The summed E-state index contributed by atoms with van der Waals surface area (Å²) in [5.74, 6) is 0.386. The third-order valence-corrected chi connectivity index (χ3v) is 22.5. The first kappa shape index (κ1) is 102. The van der Waals surface area contributed by atoms with Crippen molar-refractivity contribution in [3.63, 3.8) is 0 Å². The fraction of sp³-hybridized carbons (Fsp3) is 0.953. The van der Waals surface area contributed by atoms with Gasteiger partial charge >= 0.3 is 39.5 Å². The lowest BCUT2D eigenvalue weighted by atomic mass is 9.99. The van der Waals surface area contributed by atoms with Gasteiger partial charge in [0.25, 0.3) is 0 Å². The van der Waals surface area contributed by atoms with Crippen molar-refractivity contribution in [1.82, 2.24) is 0 Å². The van der Waals surface area contributed by atoms with Crippen molar-refractivity contribution in [3.8, 4) is 0 Å². The van der Waals surface area contributed by atoms with Gasteiger partial charge in [-0.25, -0.2) is 9.13 Å². The van der Waals surface area contributed by atoms with Gasteiger partial charge in [0.15, 0.2) is 12.2 Å². The molecule has 0 aromatic heterocycles. The normalized spacial score (nSPS) is 14.4. The highest BCUT2D eigenvalue weighted by Crippen LogP contribution is 2.45. The zero-order chi connectivity index (χ0) is 76.5. The molecule has 19 heteroatoms. The number of esters is 4. The molecule has 0 aliphatic carbocycles. The molecule has 17 nitrogen and oxygen atoms in total. The molecule has 0 fully saturated rings. The summed E-state index contributed by atoms with van der Waals surface area (Å²) in [7, 11) is -9.92. The molecule has 0 saturated heterocycles. The van der Waals surface area contributed by atoms with Crippen LogP contribution in [0.1, 0.15) is 447 Å². The van der Waals surface area contributed by atoms with Crippen LogP contribution in [0.25, 0.3) is 0 Å². The number of ether oxygens (including phenoxy) is 4. The van der Waals surface area contributed by atoms with Crippen LogP contribution < -0.4 is 0 Å². The molecule has 0 amide bonds. The molecule has 0 rings (SSSR count). The van der Waals surface area contributed by atoms with Crippen molar-refractivity contribution in [2.75, 3.05) is 39.6 Å². The molecule has 0 heterocycles. The predicted octanol–water partition coefficient (Wildman–Crippen LogP) is 25.7. The lowest BCUT2D eigenvalue weighted by Crippen LogP contribution is -2.30. The maximum atomic E-state index is 13.1. The fourth-order valence-corrected chi connectivity index (χ4v) is 14.7. The van der Waals surface area contributed by atoms with E-state index in [9.17, 15) is 43.2 Å². The SMILES string of the molecule is CCCCCCCCCC(=O)OC[C@H](COP(=O)(O)OC[C@H](O)COP(=O)(O)OC[C@@H](COC(=O)CCCCCCCCCCCCCCCCCCCCC(C)C)OC(=O)CCCCCCCCCCCCCCCCCCCCC(C)CC)OC(=O)CCCCCCCCCCCCC(C)CC. The van der Waals surface area contributed by atoms with E-state index in [1.54, 1.807) is 0 Å². The first-order valence-electron chi connectivity index (χ1n) is 43.9. The minimum absolute atomic E-state index is 0.106. The largest absolute Gasteiger partial charge is 0.472 e. The average molecular weight is 1520 g/mol. The number of phosphoric ester groups is 2. The van der Waals surface area contributed by atoms with Crippen molar-refractivity contribution in [1.29, 1.82) is 0 Å². The molecule has 0 spiro atoms. The van der Waals surface area contributed by atoms with Crippen LogP contribution in [0.5, 0.6) is 0 Å². The van der Waals surface area contributed by atoms with Crippen LogP contribution in [0.4, 0.5) is 0 Å². The number of hydrogen-bond donors (Lipinski definition) is 3. The Bertz CT molecular complexity index is 2010. The smallest absolute Gasteiger partial charge is 0.462 e. The summed E-state index contributed by atoms with van der Waals surface area (Å²) < 4.78 is 68.7. The van der Waals surface area contributed by atoms with Crippen LogP contribution in [-0.2, 0) is 65.4 Å². The van der Waals surface area contributed by atoms with E-state index in [4.69, 9.17) is 37.0 Å². The fourth-order valence-electron chi connectivity index (χ4n) is 13.1. The van der Waals surface area contributed by atoms with E-state index >= 15 is 0 Å². The molecular weight excluding hydrogens is 1350 g/mol. The Labute approximate surface area is 638 Å². The third-order valence-electron chi connectivity index (χ3n) is 20.6. The van der Waals surface area contributed by atoms with Crippen molar-refractivity contribution in [2.24, 2.45) is 17.8 Å². The Morgan fingerprint density at radius 1 is 0.279 bits per heavy atom. The number of unbranched alkanes of at least 4 members (excludes halogenated alkanes) is 49. The van der Waals surface area contributed by atoms with Gasteiger partial charge in [0.1, 0.15) is 19.3 Å². The van der Waals surface area contributed by atoms with Gasteiger partial charge in [-0.15, -0.1) is 0 Å². The number of carbonyl (C=O) groups is 4. The van der Waals surface area contributed by atoms with Gasteiger partial charge in [0, 0.05) is 25.7 Å². The molecule has 0 aliphatic heterocycles. The highest BCUT2D eigenvalue weighted by atomic mass is 31.2. The van der Waals surface area contributed by atoms with Gasteiger partial charge in [0.05, 0.1) is 26.4 Å². The quantitative estimate of drug-likeness (QED) is 0.0222. The summed E-state index contributed by atoms with van der Waals surface area (Å²) in [4.78, 5) is 73.0. The Balaban J connectivity index is 5.16. The van der Waals surface area contributed by atoms with E-state index in [2.05, 4.69) is 48.5 Å². The highest BCUT2D eigenvalue weighted by Gasteiger charge is 2.30. The van der Waals surface area contributed by atoms with Crippen LogP contribution in [0.2, 0.25) is 0 Å². The van der Waals surface area contributed by atoms with Gasteiger partial charge < -0.3 is 33.8 Å². The van der Waals surface area contributed by atoms with Crippen LogP contribution in [0.15, 0.2) is 0 Å². The van der Waals surface area contributed by atoms with E-state index in [0.717, 1.165) is 120 Å². The van der Waals surface area contributed by atoms with Crippen molar-refractivity contribution < 1.29 is 80.2 Å². The van der Waals surface area contributed by atoms with Crippen molar-refractivity contribution >= 4 is 39.5 Å². The topological polar surface area (TPSA) is 237 Å². The average Bonchev–Trinajstić information content (AvgIpc) is 0.908. The number of carbonyl (C=O) groups excluding carboxylic acids is 4. The maximum Gasteiger partial charge on any atom is 0.472 e. The summed E-state index contributed by atoms with van der Waals surface area (Å²) >= 11 is 0. The third kappa shape index (κ3) is 75.5. The monoisotopic (exact) mass is 1520 g/mol. The minimum atomic E-state index is -4.96. The van der Waals surface area contributed by atoms with E-state index in [1.807, 2.05) is 0 Å². The molecule has 0 aromatic rings. The number of phosphoric acid groups is 2. The van der Waals surface area contributed by atoms with Gasteiger partial charge in [-0.05, 0) is 43.4 Å². The van der Waals surface area contributed by atoms with E-state index in [0.29, 0.717) is 25.7 Å². The minimum Gasteiger partial charge on any atom is -0.462 e.